The summed E-state index contributed by atoms with van der Waals surface area (Å²) >= 11 is 0. The van der Waals surface area contributed by atoms with Crippen molar-refractivity contribution in [1.29, 1.82) is 0 Å². The van der Waals surface area contributed by atoms with Crippen LogP contribution in [0.2, 0.25) is 0 Å². The third-order valence-corrected chi connectivity index (χ3v) is 5.37. The van der Waals surface area contributed by atoms with Crippen LogP contribution >= 0.6 is 0 Å². The Bertz CT molecular complexity index is 1330. The Morgan fingerprint density at radius 2 is 1.91 bits per heavy atom. The first-order valence-corrected chi connectivity index (χ1v) is 11.5. The summed E-state index contributed by atoms with van der Waals surface area (Å²) in [7, 11) is 0. The molecule has 0 fully saturated rings. The van der Waals surface area contributed by atoms with E-state index in [2.05, 4.69) is 54.2 Å². The number of benzene rings is 2. The van der Waals surface area contributed by atoms with Gasteiger partial charge in [-0.3, -0.25) is 9.67 Å². The largest absolute Gasteiger partial charge is 0.364 e. The Labute approximate surface area is 200 Å². The summed E-state index contributed by atoms with van der Waals surface area (Å²) < 4.78 is 1.95. The minimum atomic E-state index is 0.495. The molecule has 0 saturated heterocycles. The highest BCUT2D eigenvalue weighted by Gasteiger charge is 2.15. The summed E-state index contributed by atoms with van der Waals surface area (Å²) in [5.41, 5.74) is 4.78. The molecule has 0 amide bonds. The number of aromatic nitrogens is 4. The van der Waals surface area contributed by atoms with Crippen LogP contribution in [0.1, 0.15) is 20.8 Å². The number of anilines is 1. The Hall–Kier alpha value is -4.06. The van der Waals surface area contributed by atoms with E-state index >= 15 is 0 Å². The maximum absolute atomic E-state index is 4.95. The SMILES string of the molecule is C=N/C(=C\C=C/C)CNc1nc(-c2cnn(CC(C)C)c2)nc2cccc(-c3ccccc3)c12. The first-order chi connectivity index (χ1) is 16.6. The van der Waals surface area contributed by atoms with E-state index in [1.165, 1.54) is 0 Å². The van der Waals surface area contributed by atoms with Gasteiger partial charge in [0, 0.05) is 12.7 Å². The summed E-state index contributed by atoms with van der Waals surface area (Å²) in [5.74, 6) is 1.90. The molecule has 0 bridgehead atoms. The number of hydrogen-bond acceptors (Lipinski definition) is 5. The molecule has 6 nitrogen and oxygen atoms in total. The Morgan fingerprint density at radius 1 is 1.09 bits per heavy atom. The van der Waals surface area contributed by atoms with E-state index in [1.807, 2.05) is 72.6 Å². The highest BCUT2D eigenvalue weighted by Crippen LogP contribution is 2.34. The van der Waals surface area contributed by atoms with Crippen LogP contribution in [-0.2, 0) is 6.54 Å². The average molecular weight is 451 g/mol. The predicted octanol–water partition coefficient (Wildman–Crippen LogP) is 6.39. The van der Waals surface area contributed by atoms with Crippen molar-refractivity contribution in [3.05, 3.63) is 84.8 Å². The smallest absolute Gasteiger partial charge is 0.165 e. The van der Waals surface area contributed by atoms with E-state index in [0.717, 1.165) is 45.7 Å². The van der Waals surface area contributed by atoms with Gasteiger partial charge in [-0.2, -0.15) is 5.10 Å². The highest BCUT2D eigenvalue weighted by atomic mass is 15.3. The molecule has 2 aromatic heterocycles. The van der Waals surface area contributed by atoms with Gasteiger partial charge in [-0.15, -0.1) is 0 Å². The van der Waals surface area contributed by atoms with Gasteiger partial charge in [-0.25, -0.2) is 9.97 Å². The Balaban J connectivity index is 1.83. The average Bonchev–Trinajstić information content (AvgIpc) is 3.32. The molecular formula is C28H30N6. The molecule has 0 aliphatic carbocycles. The number of rotatable bonds is 9. The molecule has 4 aromatic rings. The van der Waals surface area contributed by atoms with Gasteiger partial charge < -0.3 is 5.32 Å². The summed E-state index contributed by atoms with van der Waals surface area (Å²) in [4.78, 5) is 14.0. The summed E-state index contributed by atoms with van der Waals surface area (Å²) in [6.45, 7) is 11.4. The highest BCUT2D eigenvalue weighted by molar-refractivity contribution is 6.02. The number of nitrogens with one attached hydrogen (secondary N) is 1. The molecule has 0 unspecified atom stereocenters. The molecule has 0 aliphatic rings. The van der Waals surface area contributed by atoms with Crippen LogP contribution in [0.4, 0.5) is 5.82 Å². The Morgan fingerprint density at radius 3 is 2.65 bits per heavy atom. The molecule has 2 heterocycles. The van der Waals surface area contributed by atoms with Crippen LogP contribution in [0, 0.1) is 5.92 Å². The molecule has 1 N–H and O–H groups in total. The lowest BCUT2D eigenvalue weighted by molar-refractivity contribution is 0.483. The van der Waals surface area contributed by atoms with Crippen LogP contribution in [0.5, 0.6) is 0 Å². The van der Waals surface area contributed by atoms with E-state index in [1.54, 1.807) is 0 Å². The maximum Gasteiger partial charge on any atom is 0.165 e. The van der Waals surface area contributed by atoms with E-state index in [9.17, 15) is 0 Å². The van der Waals surface area contributed by atoms with Crippen molar-refractivity contribution in [3.8, 4) is 22.5 Å². The number of allylic oxidation sites excluding steroid dienone is 3. The second-order valence-electron chi connectivity index (χ2n) is 8.50. The van der Waals surface area contributed by atoms with E-state index in [0.29, 0.717) is 18.3 Å². The lowest BCUT2D eigenvalue weighted by atomic mass is 10.0. The molecular weight excluding hydrogens is 420 g/mol. The minimum absolute atomic E-state index is 0.495. The monoisotopic (exact) mass is 450 g/mol. The fourth-order valence-electron chi connectivity index (χ4n) is 3.80. The summed E-state index contributed by atoms with van der Waals surface area (Å²) in [6, 6.07) is 16.5. The quantitative estimate of drug-likeness (QED) is 0.237. The van der Waals surface area contributed by atoms with Gasteiger partial charge in [0.1, 0.15) is 5.82 Å². The first-order valence-electron chi connectivity index (χ1n) is 11.5. The summed E-state index contributed by atoms with van der Waals surface area (Å²) in [5, 5.41) is 8.97. The van der Waals surface area contributed by atoms with Crippen LogP contribution in [0.15, 0.2) is 89.8 Å². The molecule has 0 aliphatic heterocycles. The van der Waals surface area contributed by atoms with Crippen molar-refractivity contribution in [2.45, 2.75) is 27.3 Å². The fourth-order valence-corrected chi connectivity index (χ4v) is 3.80. The first kappa shape index (κ1) is 23.1. The molecule has 34 heavy (non-hydrogen) atoms. The topological polar surface area (TPSA) is 68.0 Å². The molecule has 6 heteroatoms. The molecule has 2 aromatic carbocycles. The van der Waals surface area contributed by atoms with E-state index in [-0.39, 0.29) is 0 Å². The van der Waals surface area contributed by atoms with Gasteiger partial charge in [0.05, 0.1) is 34.9 Å². The molecule has 0 radical (unpaired) electrons. The third-order valence-electron chi connectivity index (χ3n) is 5.37. The summed E-state index contributed by atoms with van der Waals surface area (Å²) in [6.07, 6.45) is 9.70. The minimum Gasteiger partial charge on any atom is -0.364 e. The van der Waals surface area contributed by atoms with Crippen molar-refractivity contribution in [2.24, 2.45) is 10.9 Å². The van der Waals surface area contributed by atoms with Crippen LogP contribution in [-0.4, -0.2) is 33.0 Å². The van der Waals surface area contributed by atoms with Gasteiger partial charge in [0.2, 0.25) is 0 Å². The number of nitrogens with zero attached hydrogens (tertiary/aromatic N) is 5. The number of aliphatic imine (C=N–C) groups is 1. The molecule has 0 spiro atoms. The molecule has 0 saturated carbocycles. The van der Waals surface area contributed by atoms with Gasteiger partial charge in [0.25, 0.3) is 0 Å². The molecule has 172 valence electrons. The number of fused-ring (bicyclic) bond motifs is 1. The van der Waals surface area contributed by atoms with Gasteiger partial charge in [-0.05, 0) is 42.8 Å². The van der Waals surface area contributed by atoms with Crippen LogP contribution < -0.4 is 5.32 Å². The van der Waals surface area contributed by atoms with Crippen molar-refractivity contribution >= 4 is 23.4 Å². The van der Waals surface area contributed by atoms with Crippen molar-refractivity contribution in [1.82, 2.24) is 19.7 Å². The maximum atomic E-state index is 4.95. The predicted molar refractivity (Wildman–Crippen MR) is 142 cm³/mol. The zero-order valence-electron chi connectivity index (χ0n) is 19.9. The van der Waals surface area contributed by atoms with Gasteiger partial charge in [-0.1, -0.05) is 68.5 Å². The Kier molecular flexibility index (Phi) is 7.28. The van der Waals surface area contributed by atoms with E-state index < -0.39 is 0 Å². The van der Waals surface area contributed by atoms with Crippen molar-refractivity contribution in [2.75, 3.05) is 11.9 Å². The third kappa shape index (κ3) is 5.29. The zero-order chi connectivity index (χ0) is 23.9. The lowest BCUT2D eigenvalue weighted by Gasteiger charge is -2.14. The second kappa shape index (κ2) is 10.7. The standard InChI is InChI=1S/C28H30N6/c1-5-6-13-23(29-4)17-30-28-26-24(21-11-8-7-9-12-21)14-10-15-25(26)32-27(33-28)22-16-31-34(19-22)18-20(2)3/h5-16,19-20H,4,17-18H2,1-3H3,(H,30,32,33)/b6-5-,23-13-. The zero-order valence-corrected chi connectivity index (χ0v) is 19.9. The normalized spacial score (nSPS) is 12.1. The molecule has 0 atom stereocenters. The van der Waals surface area contributed by atoms with Crippen LogP contribution in [0.25, 0.3) is 33.4 Å². The van der Waals surface area contributed by atoms with Crippen molar-refractivity contribution < 1.29 is 0 Å². The van der Waals surface area contributed by atoms with Crippen LogP contribution in [0.3, 0.4) is 0 Å². The number of hydrogen-bond donors (Lipinski definition) is 1. The molecule has 4 rings (SSSR count). The second-order valence-corrected chi connectivity index (χ2v) is 8.50. The van der Waals surface area contributed by atoms with E-state index in [4.69, 9.17) is 9.97 Å². The lowest BCUT2D eigenvalue weighted by Crippen LogP contribution is -2.08. The van der Waals surface area contributed by atoms with Gasteiger partial charge >= 0.3 is 0 Å². The fraction of sp³-hybridized carbons (Fsp3) is 0.214. The van der Waals surface area contributed by atoms with Crippen molar-refractivity contribution in [3.63, 3.8) is 0 Å². The van der Waals surface area contributed by atoms with Gasteiger partial charge in [0.15, 0.2) is 5.82 Å².